The maximum atomic E-state index is 13.3. The Hall–Kier alpha value is -3.28. The number of benzene rings is 2. The van der Waals surface area contributed by atoms with Gasteiger partial charge in [-0.15, -0.1) is 0 Å². The van der Waals surface area contributed by atoms with Gasteiger partial charge >= 0.3 is 0 Å². The summed E-state index contributed by atoms with van der Waals surface area (Å²) in [5.41, 5.74) is 1.89. The van der Waals surface area contributed by atoms with Crippen molar-refractivity contribution in [3.8, 4) is 11.5 Å². The highest BCUT2D eigenvalue weighted by atomic mass is 16.5. The van der Waals surface area contributed by atoms with E-state index in [-0.39, 0.29) is 16.7 Å². The second-order valence-electron chi connectivity index (χ2n) is 9.84. The van der Waals surface area contributed by atoms with Gasteiger partial charge in [0.05, 0.1) is 25.3 Å². The topological polar surface area (TPSA) is 76.1 Å². The van der Waals surface area contributed by atoms with Crippen molar-refractivity contribution in [1.82, 2.24) is 4.90 Å². The molecule has 1 heterocycles. The smallest absolute Gasteiger partial charge is 0.295 e. The van der Waals surface area contributed by atoms with E-state index in [1.807, 2.05) is 37.3 Å². The predicted molar refractivity (Wildman–Crippen MR) is 138 cm³/mol. The van der Waals surface area contributed by atoms with E-state index in [0.717, 1.165) is 30.6 Å². The minimum Gasteiger partial charge on any atom is -0.507 e. The van der Waals surface area contributed by atoms with Crippen LogP contribution in [0.25, 0.3) is 5.76 Å². The van der Waals surface area contributed by atoms with Crippen LogP contribution in [0.4, 0.5) is 0 Å². The molecule has 2 aromatic rings. The van der Waals surface area contributed by atoms with Gasteiger partial charge in [-0.25, -0.2) is 0 Å². The third kappa shape index (κ3) is 5.37. The third-order valence-corrected chi connectivity index (χ3v) is 6.34. The maximum absolute atomic E-state index is 13.3. The van der Waals surface area contributed by atoms with Crippen LogP contribution in [0.15, 0.2) is 48.0 Å². The summed E-state index contributed by atoms with van der Waals surface area (Å²) in [6.07, 6.45) is 2.70. The first-order chi connectivity index (χ1) is 16.6. The number of aliphatic hydroxyl groups is 1. The van der Waals surface area contributed by atoms with Crippen LogP contribution in [0, 0.1) is 0 Å². The molecule has 1 fully saturated rings. The van der Waals surface area contributed by atoms with E-state index in [1.54, 1.807) is 24.1 Å². The Morgan fingerprint density at radius 3 is 2.37 bits per heavy atom. The average molecular weight is 480 g/mol. The number of Topliss-reactive ketones (excluding diaryl/α,β-unsaturated/α-hetero) is 1. The van der Waals surface area contributed by atoms with E-state index < -0.39 is 17.7 Å². The second-order valence-corrected chi connectivity index (χ2v) is 9.84. The summed E-state index contributed by atoms with van der Waals surface area (Å²) >= 11 is 0. The Balaban J connectivity index is 2.21. The van der Waals surface area contributed by atoms with Gasteiger partial charge in [0.2, 0.25) is 0 Å². The lowest BCUT2D eigenvalue weighted by atomic mass is 9.84. The van der Waals surface area contributed by atoms with Crippen LogP contribution in [0.5, 0.6) is 11.5 Å². The number of carbonyl (C=O) groups excluding carboxylic acids is 2. The van der Waals surface area contributed by atoms with E-state index in [4.69, 9.17) is 9.47 Å². The lowest BCUT2D eigenvalue weighted by Crippen LogP contribution is -2.30. The lowest BCUT2D eigenvalue weighted by molar-refractivity contribution is -0.139. The van der Waals surface area contributed by atoms with Crippen LogP contribution < -0.4 is 9.47 Å². The number of methoxy groups -OCH3 is 1. The molecule has 1 aliphatic rings. The summed E-state index contributed by atoms with van der Waals surface area (Å²) in [6, 6.07) is 12.0. The first-order valence-electron chi connectivity index (χ1n) is 12.3. The predicted octanol–water partition coefficient (Wildman–Crippen LogP) is 6.00. The van der Waals surface area contributed by atoms with Gasteiger partial charge in [0, 0.05) is 23.2 Å². The molecule has 1 aliphatic heterocycles. The van der Waals surface area contributed by atoms with E-state index >= 15 is 0 Å². The van der Waals surface area contributed by atoms with Crippen LogP contribution in [0.3, 0.4) is 0 Å². The molecule has 0 aromatic heterocycles. The molecule has 6 nitrogen and oxygen atoms in total. The molecule has 3 rings (SSSR count). The molecule has 0 aliphatic carbocycles. The Morgan fingerprint density at radius 1 is 1.03 bits per heavy atom. The summed E-state index contributed by atoms with van der Waals surface area (Å²) in [5, 5.41) is 11.5. The fourth-order valence-corrected chi connectivity index (χ4v) is 4.56. The molecule has 1 atom stereocenters. The first-order valence-corrected chi connectivity index (χ1v) is 12.3. The monoisotopic (exact) mass is 479 g/mol. The fourth-order valence-electron chi connectivity index (χ4n) is 4.56. The molecular formula is C29H37NO5. The molecule has 1 N–H and O–H groups in total. The Kier molecular flexibility index (Phi) is 8.26. The zero-order chi connectivity index (χ0) is 25.8. The SMILES string of the molecule is CCCCCN1C(=O)C(=O)/C(=C(/O)c2ccc(OCC)c(C(C)(C)C)c2)C1c1ccccc1OC. The standard InChI is InChI=1S/C29H37NO5/c1-7-9-12-17-30-25(20-13-10-11-14-22(20)34-6)24(27(32)28(30)33)26(31)19-15-16-23(35-8-2)21(18-19)29(3,4)5/h10-11,13-16,18,25,31H,7-9,12,17H2,1-6H3/b26-24+. The average Bonchev–Trinajstić information content (AvgIpc) is 3.08. The number of carbonyl (C=O) groups is 2. The minimum absolute atomic E-state index is 0.0833. The normalized spacial score (nSPS) is 17.7. The van der Waals surface area contributed by atoms with Gasteiger partial charge in [-0.1, -0.05) is 58.7 Å². The first kappa shape index (κ1) is 26.3. The van der Waals surface area contributed by atoms with Gasteiger partial charge in [-0.3, -0.25) is 9.59 Å². The molecule has 0 spiro atoms. The molecule has 6 heteroatoms. The summed E-state index contributed by atoms with van der Waals surface area (Å²) in [4.78, 5) is 28.1. The maximum Gasteiger partial charge on any atom is 0.295 e. The van der Waals surface area contributed by atoms with Crippen molar-refractivity contribution in [3.63, 3.8) is 0 Å². The summed E-state index contributed by atoms with van der Waals surface area (Å²) < 4.78 is 11.4. The molecule has 35 heavy (non-hydrogen) atoms. The van der Waals surface area contributed by atoms with Crippen LogP contribution in [0.2, 0.25) is 0 Å². The van der Waals surface area contributed by atoms with Gasteiger partial charge in [-0.2, -0.15) is 0 Å². The molecule has 0 radical (unpaired) electrons. The zero-order valence-electron chi connectivity index (χ0n) is 21.7. The number of ketones is 1. The molecule has 1 amide bonds. The zero-order valence-corrected chi connectivity index (χ0v) is 21.7. The van der Waals surface area contributed by atoms with Crippen molar-refractivity contribution in [2.45, 2.75) is 65.3 Å². The lowest BCUT2D eigenvalue weighted by Gasteiger charge is -2.27. The van der Waals surface area contributed by atoms with Crippen molar-refractivity contribution in [2.24, 2.45) is 0 Å². The third-order valence-electron chi connectivity index (χ3n) is 6.34. The quantitative estimate of drug-likeness (QED) is 0.206. The van der Waals surface area contributed by atoms with Crippen molar-refractivity contribution in [2.75, 3.05) is 20.3 Å². The van der Waals surface area contributed by atoms with Gasteiger partial charge in [0.15, 0.2) is 0 Å². The number of ether oxygens (including phenoxy) is 2. The highest BCUT2D eigenvalue weighted by molar-refractivity contribution is 6.46. The molecular weight excluding hydrogens is 442 g/mol. The summed E-state index contributed by atoms with van der Waals surface area (Å²) in [7, 11) is 1.56. The summed E-state index contributed by atoms with van der Waals surface area (Å²) in [5.74, 6) is -0.168. The van der Waals surface area contributed by atoms with Gasteiger partial charge < -0.3 is 19.5 Å². The molecule has 1 unspecified atom stereocenters. The van der Waals surface area contributed by atoms with Crippen molar-refractivity contribution in [3.05, 3.63) is 64.7 Å². The fraction of sp³-hybridized carbons (Fsp3) is 0.448. The molecule has 0 saturated carbocycles. The highest BCUT2D eigenvalue weighted by Gasteiger charge is 2.46. The van der Waals surface area contributed by atoms with E-state index in [9.17, 15) is 14.7 Å². The highest BCUT2D eigenvalue weighted by Crippen LogP contribution is 2.43. The number of para-hydroxylation sites is 1. The molecule has 2 aromatic carbocycles. The van der Waals surface area contributed by atoms with Gasteiger partial charge in [-0.05, 0) is 43.0 Å². The van der Waals surface area contributed by atoms with Crippen molar-refractivity contribution in [1.29, 1.82) is 0 Å². The Morgan fingerprint density at radius 2 is 1.74 bits per heavy atom. The number of aliphatic hydroxyl groups excluding tert-OH is 1. The molecule has 1 saturated heterocycles. The molecule has 188 valence electrons. The largest absolute Gasteiger partial charge is 0.507 e. The minimum atomic E-state index is -0.729. The van der Waals surface area contributed by atoms with Crippen molar-refractivity contribution >= 4 is 17.4 Å². The van der Waals surface area contributed by atoms with Crippen molar-refractivity contribution < 1.29 is 24.2 Å². The number of hydrogen-bond acceptors (Lipinski definition) is 5. The Labute approximate surface area is 208 Å². The number of unbranched alkanes of at least 4 members (excludes halogenated alkanes) is 2. The Bertz CT molecular complexity index is 1110. The molecule has 0 bridgehead atoms. The number of nitrogens with zero attached hydrogens (tertiary/aromatic N) is 1. The van der Waals surface area contributed by atoms with Gasteiger partial charge in [0.25, 0.3) is 11.7 Å². The second kappa shape index (κ2) is 11.0. The number of rotatable bonds is 9. The number of hydrogen-bond donors (Lipinski definition) is 1. The van der Waals surface area contributed by atoms with Crippen LogP contribution in [-0.4, -0.2) is 42.0 Å². The van der Waals surface area contributed by atoms with E-state index in [2.05, 4.69) is 27.7 Å². The van der Waals surface area contributed by atoms with Crippen LogP contribution in [0.1, 0.15) is 76.6 Å². The van der Waals surface area contributed by atoms with Gasteiger partial charge in [0.1, 0.15) is 17.3 Å². The number of amides is 1. The van der Waals surface area contributed by atoms with E-state index in [0.29, 0.717) is 30.0 Å². The van der Waals surface area contributed by atoms with Crippen LogP contribution in [-0.2, 0) is 15.0 Å². The van der Waals surface area contributed by atoms with Crippen LogP contribution >= 0.6 is 0 Å². The number of likely N-dealkylation sites (tertiary alicyclic amines) is 1. The summed E-state index contributed by atoms with van der Waals surface area (Å²) in [6.45, 7) is 11.2. The van der Waals surface area contributed by atoms with E-state index in [1.165, 1.54) is 0 Å².